The van der Waals surface area contributed by atoms with Crippen molar-refractivity contribution in [2.75, 3.05) is 5.32 Å². The number of nitrogens with one attached hydrogen (secondary N) is 2. The SMILES string of the molecule is O=C(O)C1=CC=CC(C(=O)Nc2nc3cc4c(cc3[nH]2)OC(F)(F)O4)=CC1. The molecule has 1 aromatic carbocycles. The van der Waals surface area contributed by atoms with Gasteiger partial charge in [-0.15, -0.1) is 8.78 Å². The quantitative estimate of drug-likeness (QED) is 0.760. The molecule has 0 radical (unpaired) electrons. The number of anilines is 1. The highest BCUT2D eigenvalue weighted by Gasteiger charge is 2.43. The third-order valence-electron chi connectivity index (χ3n) is 3.89. The minimum atomic E-state index is -3.72. The zero-order valence-corrected chi connectivity index (χ0v) is 13.5. The number of ether oxygens (including phenoxy) is 2. The topological polar surface area (TPSA) is 114 Å². The second-order valence-electron chi connectivity index (χ2n) is 5.74. The number of carbonyl (C=O) groups is 2. The molecule has 1 aliphatic heterocycles. The molecular weight excluding hydrogens is 364 g/mol. The van der Waals surface area contributed by atoms with Crippen LogP contribution < -0.4 is 14.8 Å². The number of alkyl halides is 2. The lowest BCUT2D eigenvalue weighted by atomic mass is 10.1. The van der Waals surface area contributed by atoms with E-state index in [9.17, 15) is 18.4 Å². The van der Waals surface area contributed by atoms with Crippen LogP contribution in [0.3, 0.4) is 0 Å². The molecule has 8 nitrogen and oxygen atoms in total. The van der Waals surface area contributed by atoms with Crippen molar-refractivity contribution in [3.05, 3.63) is 47.6 Å². The van der Waals surface area contributed by atoms with Crippen LogP contribution in [0.5, 0.6) is 11.5 Å². The van der Waals surface area contributed by atoms with Gasteiger partial charge in [-0.2, -0.15) is 0 Å². The first-order valence-electron chi connectivity index (χ1n) is 7.72. The average Bonchev–Trinajstić information content (AvgIpc) is 2.98. The molecule has 3 N–H and O–H groups in total. The number of imidazole rings is 1. The number of fused-ring (bicyclic) bond motifs is 2. The van der Waals surface area contributed by atoms with Gasteiger partial charge >= 0.3 is 12.3 Å². The first-order chi connectivity index (χ1) is 12.8. The van der Waals surface area contributed by atoms with Crippen LogP contribution >= 0.6 is 0 Å². The van der Waals surface area contributed by atoms with Gasteiger partial charge in [0.2, 0.25) is 5.95 Å². The number of carboxylic acids is 1. The number of carboxylic acid groups (broad SMARTS) is 1. The Morgan fingerprint density at radius 1 is 1.26 bits per heavy atom. The van der Waals surface area contributed by atoms with Crippen molar-refractivity contribution in [2.45, 2.75) is 12.7 Å². The van der Waals surface area contributed by atoms with E-state index in [1.165, 1.54) is 36.4 Å². The number of aliphatic carboxylic acids is 1. The maximum atomic E-state index is 13.1. The Hall–Kier alpha value is -3.69. The van der Waals surface area contributed by atoms with Gasteiger partial charge in [-0.25, -0.2) is 9.78 Å². The molecule has 2 heterocycles. The number of allylic oxidation sites excluding steroid dienone is 3. The van der Waals surface area contributed by atoms with Gasteiger partial charge < -0.3 is 19.6 Å². The Kier molecular flexibility index (Phi) is 3.69. The second-order valence-corrected chi connectivity index (χ2v) is 5.74. The van der Waals surface area contributed by atoms with Gasteiger partial charge in [0.15, 0.2) is 11.5 Å². The number of halogens is 2. The van der Waals surface area contributed by atoms with E-state index in [1.807, 2.05) is 0 Å². The number of hydrogen-bond donors (Lipinski definition) is 3. The molecule has 0 bridgehead atoms. The van der Waals surface area contributed by atoms with Crippen molar-refractivity contribution in [2.24, 2.45) is 0 Å². The van der Waals surface area contributed by atoms with Crippen LogP contribution in [0, 0.1) is 0 Å². The number of H-pyrrole nitrogens is 1. The van der Waals surface area contributed by atoms with E-state index in [4.69, 9.17) is 5.11 Å². The first-order valence-corrected chi connectivity index (χ1v) is 7.72. The van der Waals surface area contributed by atoms with Crippen molar-refractivity contribution in [1.82, 2.24) is 9.97 Å². The Labute approximate surface area is 149 Å². The van der Waals surface area contributed by atoms with Gasteiger partial charge in [-0.3, -0.25) is 10.1 Å². The third-order valence-corrected chi connectivity index (χ3v) is 3.89. The summed E-state index contributed by atoms with van der Waals surface area (Å²) >= 11 is 0. The van der Waals surface area contributed by atoms with Crippen molar-refractivity contribution in [1.29, 1.82) is 0 Å². The molecule has 4 rings (SSSR count). The molecule has 0 atom stereocenters. The zero-order valence-electron chi connectivity index (χ0n) is 13.5. The van der Waals surface area contributed by atoms with Crippen LogP contribution in [0.25, 0.3) is 11.0 Å². The van der Waals surface area contributed by atoms with E-state index < -0.39 is 18.2 Å². The van der Waals surface area contributed by atoms with Crippen molar-refractivity contribution in [3.63, 3.8) is 0 Å². The lowest BCUT2D eigenvalue weighted by molar-refractivity contribution is -0.286. The molecule has 0 unspecified atom stereocenters. The summed E-state index contributed by atoms with van der Waals surface area (Å²) in [5.41, 5.74) is 1.08. The third kappa shape index (κ3) is 3.24. The molecule has 27 heavy (non-hydrogen) atoms. The van der Waals surface area contributed by atoms with E-state index in [2.05, 4.69) is 24.8 Å². The predicted molar refractivity (Wildman–Crippen MR) is 88.5 cm³/mol. The number of carbonyl (C=O) groups excluding carboxylic acids is 1. The second kappa shape index (κ2) is 5.94. The van der Waals surface area contributed by atoms with E-state index in [0.29, 0.717) is 11.0 Å². The van der Waals surface area contributed by atoms with Crippen LogP contribution in [-0.4, -0.2) is 33.2 Å². The number of nitrogens with zero attached hydrogens (tertiary/aromatic N) is 1. The van der Waals surface area contributed by atoms with E-state index >= 15 is 0 Å². The number of hydrogen-bond acceptors (Lipinski definition) is 5. The Morgan fingerprint density at radius 3 is 2.74 bits per heavy atom. The molecule has 10 heteroatoms. The van der Waals surface area contributed by atoms with Crippen molar-refractivity contribution < 1.29 is 33.0 Å². The van der Waals surface area contributed by atoms with Gasteiger partial charge in [0, 0.05) is 23.3 Å². The Balaban J connectivity index is 1.53. The molecule has 2 aliphatic rings. The molecule has 2 aromatic rings. The molecule has 1 aliphatic carbocycles. The summed E-state index contributed by atoms with van der Waals surface area (Å²) in [5.74, 6) is -1.76. The van der Waals surface area contributed by atoms with E-state index in [1.54, 1.807) is 0 Å². The largest absolute Gasteiger partial charge is 0.586 e. The maximum Gasteiger partial charge on any atom is 0.586 e. The van der Waals surface area contributed by atoms with Crippen LogP contribution in [0.4, 0.5) is 14.7 Å². The molecule has 1 amide bonds. The summed E-state index contributed by atoms with van der Waals surface area (Å²) < 4.78 is 34.9. The number of benzene rings is 1. The summed E-state index contributed by atoms with van der Waals surface area (Å²) in [6.45, 7) is 0. The fraction of sp³-hybridized carbons (Fsp3) is 0.118. The molecule has 0 spiro atoms. The molecular formula is C17H11F2N3O5. The number of amides is 1. The molecule has 0 fully saturated rings. The Bertz CT molecular complexity index is 1020. The molecule has 1 aromatic heterocycles. The Morgan fingerprint density at radius 2 is 2.00 bits per heavy atom. The smallest absolute Gasteiger partial charge is 0.478 e. The lowest BCUT2D eigenvalue weighted by Gasteiger charge is -2.04. The monoisotopic (exact) mass is 375 g/mol. The van der Waals surface area contributed by atoms with Crippen LogP contribution in [0.1, 0.15) is 6.42 Å². The highest BCUT2D eigenvalue weighted by atomic mass is 19.3. The first kappa shape index (κ1) is 16.8. The summed E-state index contributed by atoms with van der Waals surface area (Å²) in [6.07, 6.45) is 2.23. The lowest BCUT2D eigenvalue weighted by Crippen LogP contribution is -2.25. The minimum Gasteiger partial charge on any atom is -0.478 e. The van der Waals surface area contributed by atoms with Gasteiger partial charge in [0.1, 0.15) is 0 Å². The normalized spacial score (nSPS) is 17.3. The van der Waals surface area contributed by atoms with E-state index in [0.717, 1.165) is 0 Å². The van der Waals surface area contributed by atoms with Crippen LogP contribution in [-0.2, 0) is 9.59 Å². The standard InChI is InChI=1S/C17H11F2N3O5/c18-17(19)26-12-6-10-11(7-13(12)27-17)21-16(20-10)22-14(23)8-2-1-3-9(5-4-8)15(24)25/h1-4,6-7H,5H2,(H,24,25)(H2,20,21,22,23). The predicted octanol–water partition coefficient (Wildman–Crippen LogP) is 2.72. The molecule has 0 saturated heterocycles. The fourth-order valence-corrected chi connectivity index (χ4v) is 2.64. The highest BCUT2D eigenvalue weighted by molar-refractivity contribution is 6.06. The summed E-state index contributed by atoms with van der Waals surface area (Å²) in [5, 5.41) is 11.5. The molecule has 138 valence electrons. The van der Waals surface area contributed by atoms with Gasteiger partial charge in [0.25, 0.3) is 5.91 Å². The summed E-state index contributed by atoms with van der Waals surface area (Å²) in [7, 11) is 0. The van der Waals surface area contributed by atoms with Crippen molar-refractivity contribution >= 4 is 28.9 Å². The van der Waals surface area contributed by atoms with Crippen LogP contribution in [0.15, 0.2) is 47.6 Å². The summed E-state index contributed by atoms with van der Waals surface area (Å²) in [6, 6.07) is 2.56. The summed E-state index contributed by atoms with van der Waals surface area (Å²) in [4.78, 5) is 30.2. The maximum absolute atomic E-state index is 13.1. The fourth-order valence-electron chi connectivity index (χ4n) is 2.64. The van der Waals surface area contributed by atoms with Crippen molar-refractivity contribution in [3.8, 4) is 11.5 Å². The average molecular weight is 375 g/mol. The number of aromatic nitrogens is 2. The van der Waals surface area contributed by atoms with Gasteiger partial charge in [0.05, 0.1) is 11.0 Å². The number of rotatable bonds is 3. The zero-order chi connectivity index (χ0) is 19.2. The molecule has 0 saturated carbocycles. The number of aromatic amines is 1. The highest BCUT2D eigenvalue weighted by Crippen LogP contribution is 2.42. The van der Waals surface area contributed by atoms with Gasteiger partial charge in [-0.1, -0.05) is 18.2 Å². The van der Waals surface area contributed by atoms with Crippen LogP contribution in [0.2, 0.25) is 0 Å². The van der Waals surface area contributed by atoms with E-state index in [-0.39, 0.29) is 35.0 Å². The van der Waals surface area contributed by atoms with Gasteiger partial charge in [-0.05, 0) is 12.5 Å². The minimum absolute atomic E-state index is 0.0930.